The number of hydrogen-bond acceptors (Lipinski definition) is 5. The molecule has 0 fully saturated rings. The van der Waals surface area contributed by atoms with Gasteiger partial charge in [0.2, 0.25) is 0 Å². The van der Waals surface area contributed by atoms with Crippen molar-refractivity contribution in [1.29, 1.82) is 0 Å². The normalized spacial score (nSPS) is 10.8. The average Bonchev–Trinajstić information content (AvgIpc) is 2.67. The van der Waals surface area contributed by atoms with Gasteiger partial charge >= 0.3 is 0 Å². The van der Waals surface area contributed by atoms with E-state index < -0.39 is 0 Å². The predicted octanol–water partition coefficient (Wildman–Crippen LogP) is 2.05. The van der Waals surface area contributed by atoms with Crippen molar-refractivity contribution in [3.8, 4) is 0 Å². The molecule has 1 heterocycles. The first kappa shape index (κ1) is 15.5. The molecule has 0 aromatic carbocycles. The Morgan fingerprint density at radius 2 is 2.44 bits per heavy atom. The maximum Gasteiger partial charge on any atom is 0.187 e. The third-order valence-corrected chi connectivity index (χ3v) is 4.27. The van der Waals surface area contributed by atoms with E-state index in [-0.39, 0.29) is 0 Å². The highest BCUT2D eigenvalue weighted by Gasteiger charge is 2.04. The summed E-state index contributed by atoms with van der Waals surface area (Å²) in [7, 11) is 0. The van der Waals surface area contributed by atoms with Gasteiger partial charge in [-0.25, -0.2) is 0 Å². The second-order valence-electron chi connectivity index (χ2n) is 3.27. The third kappa shape index (κ3) is 5.38. The molecule has 0 spiro atoms. The van der Waals surface area contributed by atoms with E-state index in [1.54, 1.807) is 6.21 Å². The first-order valence-electron chi connectivity index (χ1n) is 5.41. The molecule has 0 aliphatic carbocycles. The minimum absolute atomic E-state index is 0.475. The number of halogens is 1. The molecule has 0 unspecified atom stereocenters. The Kier molecular flexibility index (Phi) is 7.33. The van der Waals surface area contributed by atoms with E-state index in [0.717, 1.165) is 15.0 Å². The van der Waals surface area contributed by atoms with Crippen molar-refractivity contribution in [2.75, 3.05) is 19.8 Å². The standard InChI is InChI=1S/C10H15BrN4OS2/c1-3-16-5-4-12-10(17)14-13-6-8-9(11)7(2)15-18-8/h6H,3-5H2,1-2H3,(H2,12,14,17)/b13-6+. The fourth-order valence-corrected chi connectivity index (χ4v) is 2.36. The molecular formula is C10H15BrN4OS2. The fourth-order valence-electron chi connectivity index (χ4n) is 1.03. The average molecular weight is 351 g/mol. The molecule has 5 nitrogen and oxygen atoms in total. The second kappa shape index (κ2) is 8.52. The van der Waals surface area contributed by atoms with Crippen LogP contribution < -0.4 is 10.7 Å². The smallest absolute Gasteiger partial charge is 0.187 e. The Hall–Kier alpha value is -0.570. The molecule has 0 saturated heterocycles. The van der Waals surface area contributed by atoms with Gasteiger partial charge < -0.3 is 10.1 Å². The minimum atomic E-state index is 0.475. The number of hydrazone groups is 1. The van der Waals surface area contributed by atoms with Crippen LogP contribution in [0.5, 0.6) is 0 Å². The van der Waals surface area contributed by atoms with Crippen LogP contribution in [0.2, 0.25) is 0 Å². The Labute approximate surface area is 124 Å². The number of nitrogens with zero attached hydrogens (tertiary/aromatic N) is 2. The van der Waals surface area contributed by atoms with Crippen LogP contribution in [0.15, 0.2) is 9.57 Å². The largest absolute Gasteiger partial charge is 0.380 e. The highest BCUT2D eigenvalue weighted by Crippen LogP contribution is 2.22. The number of thiocarbonyl (C=S) groups is 1. The van der Waals surface area contributed by atoms with Crippen molar-refractivity contribution >= 4 is 51.0 Å². The molecule has 0 atom stereocenters. The third-order valence-electron chi connectivity index (χ3n) is 1.90. The van der Waals surface area contributed by atoms with Crippen LogP contribution in [-0.2, 0) is 4.74 Å². The van der Waals surface area contributed by atoms with Gasteiger partial charge in [-0.15, -0.1) is 0 Å². The van der Waals surface area contributed by atoms with Crippen LogP contribution in [0.1, 0.15) is 17.5 Å². The number of aryl methyl sites for hydroxylation is 1. The number of rotatable bonds is 6. The molecule has 0 aliphatic heterocycles. The molecule has 100 valence electrons. The first-order chi connectivity index (χ1) is 8.65. The van der Waals surface area contributed by atoms with E-state index in [0.29, 0.717) is 24.9 Å². The molecule has 18 heavy (non-hydrogen) atoms. The van der Waals surface area contributed by atoms with Crippen LogP contribution in [0.25, 0.3) is 0 Å². The van der Waals surface area contributed by atoms with E-state index in [1.807, 2.05) is 13.8 Å². The summed E-state index contributed by atoms with van der Waals surface area (Å²) < 4.78 is 10.3. The molecule has 0 amide bonds. The van der Waals surface area contributed by atoms with Crippen LogP contribution >= 0.6 is 39.7 Å². The van der Waals surface area contributed by atoms with Crippen molar-refractivity contribution in [1.82, 2.24) is 15.1 Å². The summed E-state index contributed by atoms with van der Waals surface area (Å²) in [6.07, 6.45) is 1.69. The summed E-state index contributed by atoms with van der Waals surface area (Å²) in [6.45, 7) is 5.89. The Bertz CT molecular complexity index is 422. The number of ether oxygens (including phenoxy) is 1. The van der Waals surface area contributed by atoms with Crippen LogP contribution in [-0.4, -0.2) is 35.5 Å². The SMILES string of the molecule is CCOCCNC(=S)N/N=C/c1snc(C)c1Br. The van der Waals surface area contributed by atoms with Crippen LogP contribution in [0.3, 0.4) is 0 Å². The Balaban J connectivity index is 2.27. The monoisotopic (exact) mass is 350 g/mol. The number of aromatic nitrogens is 1. The molecule has 0 bridgehead atoms. The fraction of sp³-hybridized carbons (Fsp3) is 0.500. The van der Waals surface area contributed by atoms with Gasteiger partial charge in [-0.3, -0.25) is 5.43 Å². The maximum atomic E-state index is 5.18. The summed E-state index contributed by atoms with van der Waals surface area (Å²) in [5.74, 6) is 0. The van der Waals surface area contributed by atoms with Crippen LogP contribution in [0.4, 0.5) is 0 Å². The highest BCUT2D eigenvalue weighted by atomic mass is 79.9. The van der Waals surface area contributed by atoms with Crippen molar-refractivity contribution in [3.05, 3.63) is 15.0 Å². The molecule has 8 heteroatoms. The lowest BCUT2D eigenvalue weighted by Crippen LogP contribution is -2.34. The van der Waals surface area contributed by atoms with E-state index in [2.05, 4.69) is 36.1 Å². The van der Waals surface area contributed by atoms with Gasteiger partial charge in [0.25, 0.3) is 0 Å². The Morgan fingerprint density at radius 1 is 1.67 bits per heavy atom. The van der Waals surface area contributed by atoms with E-state index in [1.165, 1.54) is 11.5 Å². The zero-order valence-electron chi connectivity index (χ0n) is 10.2. The van der Waals surface area contributed by atoms with Gasteiger partial charge in [-0.1, -0.05) is 0 Å². The zero-order chi connectivity index (χ0) is 13.4. The quantitative estimate of drug-likeness (QED) is 0.356. The lowest BCUT2D eigenvalue weighted by Gasteiger charge is -2.06. The van der Waals surface area contributed by atoms with Crippen LogP contribution in [0, 0.1) is 6.92 Å². The minimum Gasteiger partial charge on any atom is -0.380 e. The molecule has 0 saturated carbocycles. The maximum absolute atomic E-state index is 5.18. The van der Waals surface area contributed by atoms with Gasteiger partial charge in [-0.05, 0) is 53.5 Å². The predicted molar refractivity (Wildman–Crippen MR) is 82.4 cm³/mol. The van der Waals surface area contributed by atoms with E-state index in [9.17, 15) is 0 Å². The van der Waals surface area contributed by atoms with Gasteiger partial charge in [0, 0.05) is 13.2 Å². The van der Waals surface area contributed by atoms with Gasteiger partial charge in [0.1, 0.15) is 0 Å². The second-order valence-corrected chi connectivity index (χ2v) is 5.28. The highest BCUT2D eigenvalue weighted by molar-refractivity contribution is 9.10. The summed E-state index contributed by atoms with van der Waals surface area (Å²) >= 11 is 9.86. The molecule has 0 radical (unpaired) electrons. The summed E-state index contributed by atoms with van der Waals surface area (Å²) in [5.41, 5.74) is 3.69. The lowest BCUT2D eigenvalue weighted by atomic mass is 10.4. The Morgan fingerprint density at radius 3 is 3.06 bits per heavy atom. The molecule has 2 N–H and O–H groups in total. The van der Waals surface area contributed by atoms with Crippen molar-refractivity contribution in [2.24, 2.45) is 5.10 Å². The van der Waals surface area contributed by atoms with Gasteiger partial charge in [0.15, 0.2) is 5.11 Å². The molecule has 1 rings (SSSR count). The summed E-state index contributed by atoms with van der Waals surface area (Å²) in [6, 6.07) is 0. The molecular weight excluding hydrogens is 336 g/mol. The number of nitrogens with one attached hydrogen (secondary N) is 2. The lowest BCUT2D eigenvalue weighted by molar-refractivity contribution is 0.152. The zero-order valence-corrected chi connectivity index (χ0v) is 13.4. The van der Waals surface area contributed by atoms with Gasteiger partial charge in [0.05, 0.1) is 27.9 Å². The summed E-state index contributed by atoms with van der Waals surface area (Å²) in [5, 5.41) is 7.49. The van der Waals surface area contributed by atoms with Crippen molar-refractivity contribution in [3.63, 3.8) is 0 Å². The van der Waals surface area contributed by atoms with E-state index >= 15 is 0 Å². The van der Waals surface area contributed by atoms with Crippen molar-refractivity contribution in [2.45, 2.75) is 13.8 Å². The summed E-state index contributed by atoms with van der Waals surface area (Å²) in [4.78, 5) is 0.956. The first-order valence-corrected chi connectivity index (χ1v) is 7.39. The molecule has 1 aromatic rings. The van der Waals surface area contributed by atoms with Crippen molar-refractivity contribution < 1.29 is 4.74 Å². The molecule has 1 aromatic heterocycles. The van der Waals surface area contributed by atoms with Gasteiger partial charge in [-0.2, -0.15) is 9.47 Å². The molecule has 0 aliphatic rings. The topological polar surface area (TPSA) is 58.5 Å². The van der Waals surface area contributed by atoms with E-state index in [4.69, 9.17) is 17.0 Å². The number of hydrogen-bond donors (Lipinski definition) is 2.